The molecule has 0 radical (unpaired) electrons. The van der Waals surface area contributed by atoms with Gasteiger partial charge in [-0.25, -0.2) is 9.78 Å². The van der Waals surface area contributed by atoms with Crippen LogP contribution >= 0.6 is 0 Å². The SMILES string of the molecule is O=C(Nc1cccc(Oc2ccccn2)c1)N1CCCC1. The van der Waals surface area contributed by atoms with Crippen molar-refractivity contribution < 1.29 is 9.53 Å². The summed E-state index contributed by atoms with van der Waals surface area (Å²) in [7, 11) is 0. The molecule has 1 N–H and O–H groups in total. The van der Waals surface area contributed by atoms with E-state index >= 15 is 0 Å². The number of rotatable bonds is 3. The van der Waals surface area contributed by atoms with E-state index < -0.39 is 0 Å². The monoisotopic (exact) mass is 283 g/mol. The number of nitrogens with zero attached hydrogens (tertiary/aromatic N) is 2. The van der Waals surface area contributed by atoms with Gasteiger partial charge in [-0.05, 0) is 31.0 Å². The minimum atomic E-state index is -0.0533. The van der Waals surface area contributed by atoms with Gasteiger partial charge in [0.2, 0.25) is 5.88 Å². The molecule has 1 aromatic carbocycles. The molecule has 0 saturated carbocycles. The van der Waals surface area contributed by atoms with Gasteiger partial charge in [0.15, 0.2) is 0 Å². The molecule has 0 unspecified atom stereocenters. The molecule has 1 saturated heterocycles. The van der Waals surface area contributed by atoms with Gasteiger partial charge in [0.25, 0.3) is 0 Å². The van der Waals surface area contributed by atoms with Gasteiger partial charge < -0.3 is 15.0 Å². The number of benzene rings is 1. The second-order valence-corrected chi connectivity index (χ2v) is 4.92. The lowest BCUT2D eigenvalue weighted by atomic mass is 10.3. The number of hydrogen-bond donors (Lipinski definition) is 1. The fraction of sp³-hybridized carbons (Fsp3) is 0.250. The third-order valence-electron chi connectivity index (χ3n) is 3.34. The highest BCUT2D eigenvalue weighted by Gasteiger charge is 2.17. The van der Waals surface area contributed by atoms with Crippen LogP contribution in [-0.2, 0) is 0 Å². The molecule has 2 aromatic rings. The molecule has 21 heavy (non-hydrogen) atoms. The Morgan fingerprint density at radius 3 is 2.76 bits per heavy atom. The Balaban J connectivity index is 1.66. The van der Waals surface area contributed by atoms with Gasteiger partial charge in [-0.15, -0.1) is 0 Å². The Labute approximate surface area is 123 Å². The zero-order chi connectivity index (χ0) is 14.5. The van der Waals surface area contributed by atoms with E-state index in [2.05, 4.69) is 10.3 Å². The number of urea groups is 1. The van der Waals surface area contributed by atoms with Crippen LogP contribution in [-0.4, -0.2) is 29.0 Å². The largest absolute Gasteiger partial charge is 0.439 e. The lowest BCUT2D eigenvalue weighted by Gasteiger charge is -2.16. The van der Waals surface area contributed by atoms with E-state index in [1.165, 1.54) is 0 Å². The van der Waals surface area contributed by atoms with Gasteiger partial charge in [0.05, 0.1) is 0 Å². The molecule has 0 atom stereocenters. The summed E-state index contributed by atoms with van der Waals surface area (Å²) >= 11 is 0. The van der Waals surface area contributed by atoms with Gasteiger partial charge in [0, 0.05) is 37.1 Å². The second kappa shape index (κ2) is 6.26. The molecule has 2 heterocycles. The number of amides is 2. The van der Waals surface area contributed by atoms with Gasteiger partial charge in [-0.1, -0.05) is 12.1 Å². The van der Waals surface area contributed by atoms with Crippen LogP contribution in [0, 0.1) is 0 Å². The molecule has 2 amide bonds. The number of carbonyl (C=O) groups is 1. The Hall–Kier alpha value is -2.56. The van der Waals surface area contributed by atoms with Gasteiger partial charge in [-0.2, -0.15) is 0 Å². The fourth-order valence-corrected chi connectivity index (χ4v) is 2.29. The first kappa shape index (κ1) is 13.4. The molecule has 1 aromatic heterocycles. The number of carbonyl (C=O) groups excluding carboxylic acids is 1. The molecule has 5 heteroatoms. The van der Waals surface area contributed by atoms with Crippen molar-refractivity contribution in [1.82, 2.24) is 9.88 Å². The standard InChI is InChI=1S/C16H17N3O2/c20-16(19-10-3-4-11-19)18-13-6-5-7-14(12-13)21-15-8-1-2-9-17-15/h1-2,5-9,12H,3-4,10-11H2,(H,18,20). The number of likely N-dealkylation sites (tertiary alicyclic amines) is 1. The number of ether oxygens (including phenoxy) is 1. The summed E-state index contributed by atoms with van der Waals surface area (Å²) in [4.78, 5) is 18.0. The first-order valence-electron chi connectivity index (χ1n) is 7.06. The van der Waals surface area contributed by atoms with E-state index in [0.29, 0.717) is 11.6 Å². The second-order valence-electron chi connectivity index (χ2n) is 4.92. The van der Waals surface area contributed by atoms with E-state index in [0.717, 1.165) is 31.6 Å². The van der Waals surface area contributed by atoms with Crippen molar-refractivity contribution in [2.45, 2.75) is 12.8 Å². The summed E-state index contributed by atoms with van der Waals surface area (Å²) < 4.78 is 5.65. The van der Waals surface area contributed by atoms with Crippen molar-refractivity contribution in [2.24, 2.45) is 0 Å². The smallest absolute Gasteiger partial charge is 0.321 e. The van der Waals surface area contributed by atoms with Crippen LogP contribution in [0.15, 0.2) is 48.7 Å². The lowest BCUT2D eigenvalue weighted by molar-refractivity contribution is 0.222. The zero-order valence-electron chi connectivity index (χ0n) is 11.7. The number of aromatic nitrogens is 1. The molecule has 0 bridgehead atoms. The minimum Gasteiger partial charge on any atom is -0.439 e. The maximum absolute atomic E-state index is 12.0. The van der Waals surface area contributed by atoms with E-state index in [4.69, 9.17) is 4.74 Å². The van der Waals surface area contributed by atoms with Crippen molar-refractivity contribution >= 4 is 11.7 Å². The maximum atomic E-state index is 12.0. The number of anilines is 1. The summed E-state index contributed by atoms with van der Waals surface area (Å²) in [6, 6.07) is 12.7. The van der Waals surface area contributed by atoms with Crippen LogP contribution in [0.1, 0.15) is 12.8 Å². The Bertz CT molecular complexity index is 610. The first-order chi connectivity index (χ1) is 10.3. The fourth-order valence-electron chi connectivity index (χ4n) is 2.29. The average Bonchev–Trinajstić information content (AvgIpc) is 3.03. The minimum absolute atomic E-state index is 0.0533. The van der Waals surface area contributed by atoms with E-state index in [9.17, 15) is 4.79 Å². The van der Waals surface area contributed by atoms with Crippen molar-refractivity contribution in [3.63, 3.8) is 0 Å². The molecular formula is C16H17N3O2. The molecule has 0 spiro atoms. The Morgan fingerprint density at radius 1 is 1.14 bits per heavy atom. The highest BCUT2D eigenvalue weighted by molar-refractivity contribution is 5.89. The van der Waals surface area contributed by atoms with Gasteiger partial charge in [-0.3, -0.25) is 0 Å². The van der Waals surface area contributed by atoms with Crippen LogP contribution in [0.2, 0.25) is 0 Å². The number of hydrogen-bond acceptors (Lipinski definition) is 3. The Morgan fingerprint density at radius 2 is 2.00 bits per heavy atom. The van der Waals surface area contributed by atoms with Crippen molar-refractivity contribution in [3.8, 4) is 11.6 Å². The lowest BCUT2D eigenvalue weighted by Crippen LogP contribution is -2.32. The molecule has 108 valence electrons. The van der Waals surface area contributed by atoms with E-state index in [1.54, 1.807) is 18.3 Å². The Kier molecular flexibility index (Phi) is 4.00. The molecule has 1 fully saturated rings. The molecular weight excluding hydrogens is 266 g/mol. The number of pyridine rings is 1. The quantitative estimate of drug-likeness (QED) is 0.938. The summed E-state index contributed by atoms with van der Waals surface area (Å²) in [6.07, 6.45) is 3.83. The van der Waals surface area contributed by atoms with E-state index in [-0.39, 0.29) is 6.03 Å². The predicted molar refractivity (Wildman–Crippen MR) is 80.6 cm³/mol. The number of nitrogens with one attached hydrogen (secondary N) is 1. The van der Waals surface area contributed by atoms with Crippen molar-refractivity contribution in [2.75, 3.05) is 18.4 Å². The van der Waals surface area contributed by atoms with Crippen LogP contribution in [0.3, 0.4) is 0 Å². The third-order valence-corrected chi connectivity index (χ3v) is 3.34. The molecule has 1 aliphatic rings. The molecule has 5 nitrogen and oxygen atoms in total. The summed E-state index contributed by atoms with van der Waals surface area (Å²) in [5.41, 5.74) is 0.723. The topological polar surface area (TPSA) is 54.5 Å². The van der Waals surface area contributed by atoms with E-state index in [1.807, 2.05) is 35.2 Å². The van der Waals surface area contributed by atoms with Crippen molar-refractivity contribution in [3.05, 3.63) is 48.7 Å². The highest BCUT2D eigenvalue weighted by Crippen LogP contribution is 2.23. The molecule has 0 aliphatic carbocycles. The van der Waals surface area contributed by atoms with Crippen LogP contribution in [0.5, 0.6) is 11.6 Å². The summed E-state index contributed by atoms with van der Waals surface area (Å²) in [6.45, 7) is 1.66. The highest BCUT2D eigenvalue weighted by atomic mass is 16.5. The normalized spacial score (nSPS) is 14.0. The van der Waals surface area contributed by atoms with Crippen molar-refractivity contribution in [1.29, 1.82) is 0 Å². The maximum Gasteiger partial charge on any atom is 0.321 e. The molecule has 3 rings (SSSR count). The van der Waals surface area contributed by atoms with Crippen LogP contribution < -0.4 is 10.1 Å². The third kappa shape index (κ3) is 3.51. The summed E-state index contributed by atoms with van der Waals surface area (Å²) in [5.74, 6) is 1.17. The van der Waals surface area contributed by atoms with Gasteiger partial charge >= 0.3 is 6.03 Å². The van der Waals surface area contributed by atoms with Gasteiger partial charge in [0.1, 0.15) is 5.75 Å². The first-order valence-corrected chi connectivity index (χ1v) is 7.06. The molecule has 1 aliphatic heterocycles. The average molecular weight is 283 g/mol. The predicted octanol–water partition coefficient (Wildman–Crippen LogP) is 3.50. The van der Waals surface area contributed by atoms with Crippen LogP contribution in [0.25, 0.3) is 0 Å². The zero-order valence-corrected chi connectivity index (χ0v) is 11.7. The van der Waals surface area contributed by atoms with Crippen LogP contribution in [0.4, 0.5) is 10.5 Å². The summed E-state index contributed by atoms with van der Waals surface area (Å²) in [5, 5.41) is 2.90.